The SMILES string of the molecule is CC(C#N)n1ccnc1C#N. The standard InChI is InChI=1S/C7H6N4/c1-6(4-8)11-3-2-10-7(11)5-9/h2-3,6H,1H3. The van der Waals surface area contributed by atoms with Crippen molar-refractivity contribution in [1.29, 1.82) is 10.5 Å². The molecular weight excluding hydrogens is 140 g/mol. The van der Waals surface area contributed by atoms with Crippen LogP contribution >= 0.6 is 0 Å². The normalized spacial score (nSPS) is 11.5. The average molecular weight is 146 g/mol. The van der Waals surface area contributed by atoms with Crippen LogP contribution in [0.1, 0.15) is 18.8 Å². The van der Waals surface area contributed by atoms with Crippen molar-refractivity contribution in [2.75, 3.05) is 0 Å². The fourth-order valence-electron chi connectivity index (χ4n) is 0.774. The molecule has 1 rings (SSSR count). The van der Waals surface area contributed by atoms with Crippen LogP contribution in [0, 0.1) is 22.7 Å². The predicted octanol–water partition coefficient (Wildman–Crippen LogP) is 0.839. The number of imidazole rings is 1. The van der Waals surface area contributed by atoms with E-state index in [-0.39, 0.29) is 11.9 Å². The van der Waals surface area contributed by atoms with Gasteiger partial charge in [-0.25, -0.2) is 4.98 Å². The first-order valence-corrected chi connectivity index (χ1v) is 3.12. The van der Waals surface area contributed by atoms with Crippen LogP contribution < -0.4 is 0 Å². The Labute approximate surface area is 64.3 Å². The molecule has 0 N–H and O–H groups in total. The van der Waals surface area contributed by atoms with Gasteiger partial charge in [-0.15, -0.1) is 0 Å². The zero-order chi connectivity index (χ0) is 8.27. The molecule has 0 fully saturated rings. The Kier molecular flexibility index (Phi) is 1.89. The van der Waals surface area contributed by atoms with Gasteiger partial charge < -0.3 is 4.57 Å². The molecule has 0 amide bonds. The second-order valence-electron chi connectivity index (χ2n) is 2.07. The fraction of sp³-hybridized carbons (Fsp3) is 0.286. The molecule has 11 heavy (non-hydrogen) atoms. The third-order valence-corrected chi connectivity index (χ3v) is 1.37. The van der Waals surface area contributed by atoms with E-state index in [9.17, 15) is 0 Å². The van der Waals surface area contributed by atoms with Crippen LogP contribution in [0.4, 0.5) is 0 Å². The van der Waals surface area contributed by atoms with Gasteiger partial charge in [0.1, 0.15) is 12.1 Å². The number of nitriles is 2. The van der Waals surface area contributed by atoms with Gasteiger partial charge in [-0.2, -0.15) is 10.5 Å². The Hall–Kier alpha value is -1.81. The van der Waals surface area contributed by atoms with E-state index < -0.39 is 0 Å². The van der Waals surface area contributed by atoms with Crippen LogP contribution in [0.5, 0.6) is 0 Å². The highest BCUT2D eigenvalue weighted by molar-refractivity contribution is 5.13. The molecule has 1 unspecified atom stereocenters. The molecule has 54 valence electrons. The molecular formula is C7H6N4. The lowest BCUT2D eigenvalue weighted by Crippen LogP contribution is -2.03. The zero-order valence-corrected chi connectivity index (χ0v) is 6.02. The maximum Gasteiger partial charge on any atom is 0.213 e. The highest BCUT2D eigenvalue weighted by Gasteiger charge is 2.06. The Balaban J connectivity index is 3.07. The molecule has 4 heteroatoms. The molecule has 0 saturated carbocycles. The van der Waals surface area contributed by atoms with Crippen molar-refractivity contribution in [3.05, 3.63) is 18.2 Å². The van der Waals surface area contributed by atoms with E-state index in [0.29, 0.717) is 0 Å². The van der Waals surface area contributed by atoms with E-state index in [4.69, 9.17) is 10.5 Å². The minimum atomic E-state index is -0.327. The van der Waals surface area contributed by atoms with Gasteiger partial charge in [-0.3, -0.25) is 0 Å². The Morgan fingerprint density at radius 1 is 1.64 bits per heavy atom. The Morgan fingerprint density at radius 2 is 2.36 bits per heavy atom. The first-order chi connectivity index (χ1) is 5.29. The van der Waals surface area contributed by atoms with Crippen molar-refractivity contribution < 1.29 is 0 Å². The summed E-state index contributed by atoms with van der Waals surface area (Å²) >= 11 is 0. The van der Waals surface area contributed by atoms with E-state index in [1.165, 1.54) is 10.8 Å². The summed E-state index contributed by atoms with van der Waals surface area (Å²) in [6.45, 7) is 1.71. The zero-order valence-electron chi connectivity index (χ0n) is 6.02. The van der Waals surface area contributed by atoms with Crippen LogP contribution in [-0.2, 0) is 0 Å². The second kappa shape index (κ2) is 2.85. The molecule has 0 bridgehead atoms. The smallest absolute Gasteiger partial charge is 0.213 e. The largest absolute Gasteiger partial charge is 0.306 e. The number of hydrogen-bond acceptors (Lipinski definition) is 3. The second-order valence-corrected chi connectivity index (χ2v) is 2.07. The minimum absolute atomic E-state index is 0.277. The van der Waals surface area contributed by atoms with Gasteiger partial charge in [0.05, 0.1) is 6.07 Å². The lowest BCUT2D eigenvalue weighted by atomic mass is 10.4. The van der Waals surface area contributed by atoms with E-state index in [1.54, 1.807) is 13.1 Å². The van der Waals surface area contributed by atoms with Crippen LogP contribution in [0.3, 0.4) is 0 Å². The van der Waals surface area contributed by atoms with Crippen molar-refractivity contribution in [2.24, 2.45) is 0 Å². The van der Waals surface area contributed by atoms with E-state index >= 15 is 0 Å². The summed E-state index contributed by atoms with van der Waals surface area (Å²) in [7, 11) is 0. The molecule has 0 aliphatic rings. The van der Waals surface area contributed by atoms with Gasteiger partial charge in [0.15, 0.2) is 0 Å². The summed E-state index contributed by atoms with van der Waals surface area (Å²) in [5.74, 6) is 0.277. The number of rotatable bonds is 1. The third kappa shape index (κ3) is 1.20. The summed E-state index contributed by atoms with van der Waals surface area (Å²) in [5.41, 5.74) is 0. The van der Waals surface area contributed by atoms with E-state index in [0.717, 1.165) is 0 Å². The monoisotopic (exact) mass is 146 g/mol. The lowest BCUT2D eigenvalue weighted by Gasteiger charge is -2.02. The number of nitrogens with zero attached hydrogens (tertiary/aromatic N) is 4. The van der Waals surface area contributed by atoms with Gasteiger partial charge in [-0.05, 0) is 6.92 Å². The fourth-order valence-corrected chi connectivity index (χ4v) is 0.774. The number of hydrogen-bond donors (Lipinski definition) is 0. The summed E-state index contributed by atoms with van der Waals surface area (Å²) in [5, 5.41) is 17.0. The Bertz CT molecular complexity index is 325. The highest BCUT2D eigenvalue weighted by atomic mass is 15.1. The summed E-state index contributed by atoms with van der Waals surface area (Å²) in [6, 6.07) is 3.58. The molecule has 1 aromatic rings. The molecule has 4 nitrogen and oxygen atoms in total. The van der Waals surface area contributed by atoms with Crippen LogP contribution in [0.25, 0.3) is 0 Å². The van der Waals surface area contributed by atoms with Crippen LogP contribution in [-0.4, -0.2) is 9.55 Å². The molecule has 0 radical (unpaired) electrons. The number of aromatic nitrogens is 2. The van der Waals surface area contributed by atoms with Gasteiger partial charge in [-0.1, -0.05) is 0 Å². The van der Waals surface area contributed by atoms with Gasteiger partial charge in [0.25, 0.3) is 0 Å². The van der Waals surface area contributed by atoms with Crippen molar-refractivity contribution in [2.45, 2.75) is 13.0 Å². The minimum Gasteiger partial charge on any atom is -0.306 e. The molecule has 0 aromatic carbocycles. The average Bonchev–Trinajstić information content (AvgIpc) is 2.50. The summed E-state index contributed by atoms with van der Waals surface area (Å²) in [6.07, 6.45) is 3.12. The molecule has 1 aromatic heterocycles. The maximum atomic E-state index is 8.52. The third-order valence-electron chi connectivity index (χ3n) is 1.37. The lowest BCUT2D eigenvalue weighted by molar-refractivity contribution is 0.663. The summed E-state index contributed by atoms with van der Waals surface area (Å²) < 4.78 is 1.53. The molecule has 0 saturated heterocycles. The Morgan fingerprint density at radius 3 is 2.91 bits per heavy atom. The topological polar surface area (TPSA) is 65.4 Å². The quantitative estimate of drug-likeness (QED) is 0.589. The molecule has 0 aliphatic heterocycles. The first kappa shape index (κ1) is 7.30. The van der Waals surface area contributed by atoms with E-state index in [2.05, 4.69) is 4.98 Å². The molecule has 1 heterocycles. The summed E-state index contributed by atoms with van der Waals surface area (Å²) in [4.78, 5) is 3.75. The highest BCUT2D eigenvalue weighted by Crippen LogP contribution is 2.05. The maximum absolute atomic E-state index is 8.52. The molecule has 0 spiro atoms. The van der Waals surface area contributed by atoms with Gasteiger partial charge in [0.2, 0.25) is 5.82 Å². The van der Waals surface area contributed by atoms with Crippen molar-refractivity contribution >= 4 is 0 Å². The van der Waals surface area contributed by atoms with Crippen molar-refractivity contribution in [1.82, 2.24) is 9.55 Å². The molecule has 0 aliphatic carbocycles. The predicted molar refractivity (Wildman–Crippen MR) is 37.3 cm³/mol. The van der Waals surface area contributed by atoms with E-state index in [1.807, 2.05) is 12.1 Å². The van der Waals surface area contributed by atoms with Crippen LogP contribution in [0.15, 0.2) is 12.4 Å². The van der Waals surface area contributed by atoms with Crippen LogP contribution in [0.2, 0.25) is 0 Å². The van der Waals surface area contributed by atoms with Gasteiger partial charge in [0, 0.05) is 12.4 Å². The van der Waals surface area contributed by atoms with Gasteiger partial charge >= 0.3 is 0 Å². The molecule has 1 atom stereocenters. The first-order valence-electron chi connectivity index (χ1n) is 3.12. The van der Waals surface area contributed by atoms with Crippen molar-refractivity contribution in [3.8, 4) is 12.1 Å². The van der Waals surface area contributed by atoms with Crippen molar-refractivity contribution in [3.63, 3.8) is 0 Å².